The van der Waals surface area contributed by atoms with Crippen LogP contribution in [-0.4, -0.2) is 11.0 Å². The maximum absolute atomic E-state index is 11.1. The van der Waals surface area contributed by atoms with Crippen molar-refractivity contribution in [2.75, 3.05) is 0 Å². The third-order valence-corrected chi connectivity index (χ3v) is 2.56. The molecule has 0 spiro atoms. The molecule has 90 valence electrons. The van der Waals surface area contributed by atoms with E-state index in [2.05, 4.69) is 11.1 Å². The van der Waals surface area contributed by atoms with Crippen LogP contribution in [0, 0.1) is 18.3 Å². The SMILES string of the molecule is CC(=O)Oc1c(-c2ccccc2)[nH]c(C)c1C#N. The van der Waals surface area contributed by atoms with Crippen molar-refractivity contribution < 1.29 is 9.53 Å². The van der Waals surface area contributed by atoms with Crippen LogP contribution in [0.2, 0.25) is 0 Å². The number of esters is 1. The van der Waals surface area contributed by atoms with Gasteiger partial charge in [-0.05, 0) is 6.92 Å². The molecule has 4 nitrogen and oxygen atoms in total. The van der Waals surface area contributed by atoms with Gasteiger partial charge in [-0.1, -0.05) is 30.3 Å². The van der Waals surface area contributed by atoms with E-state index in [1.54, 1.807) is 6.92 Å². The Kier molecular flexibility index (Phi) is 3.16. The Labute approximate surface area is 105 Å². The van der Waals surface area contributed by atoms with E-state index in [4.69, 9.17) is 10.00 Å². The number of nitrogens with zero attached hydrogens (tertiary/aromatic N) is 1. The van der Waals surface area contributed by atoms with Crippen LogP contribution in [0.25, 0.3) is 11.3 Å². The predicted octanol–water partition coefficient (Wildman–Crippen LogP) is 2.79. The molecule has 2 aromatic rings. The van der Waals surface area contributed by atoms with Gasteiger partial charge in [-0.2, -0.15) is 5.26 Å². The van der Waals surface area contributed by atoms with Crippen molar-refractivity contribution in [3.8, 4) is 23.1 Å². The zero-order chi connectivity index (χ0) is 13.1. The molecule has 0 saturated heterocycles. The standard InChI is InChI=1S/C14H12N2O2/c1-9-12(8-15)14(18-10(2)17)13(16-9)11-6-4-3-5-7-11/h3-7,16H,1-2H3. The van der Waals surface area contributed by atoms with Gasteiger partial charge in [-0.25, -0.2) is 0 Å². The van der Waals surface area contributed by atoms with Gasteiger partial charge >= 0.3 is 5.97 Å². The van der Waals surface area contributed by atoms with Gasteiger partial charge in [-0.3, -0.25) is 4.79 Å². The Balaban J connectivity index is 2.61. The van der Waals surface area contributed by atoms with Crippen LogP contribution in [0.5, 0.6) is 5.75 Å². The summed E-state index contributed by atoms with van der Waals surface area (Å²) in [5.41, 5.74) is 2.58. The van der Waals surface area contributed by atoms with Gasteiger partial charge < -0.3 is 9.72 Å². The molecular formula is C14H12N2O2. The molecule has 1 heterocycles. The van der Waals surface area contributed by atoms with E-state index in [1.165, 1.54) is 6.92 Å². The fraction of sp³-hybridized carbons (Fsp3) is 0.143. The number of carbonyl (C=O) groups is 1. The van der Waals surface area contributed by atoms with Crippen LogP contribution in [0.15, 0.2) is 30.3 Å². The minimum Gasteiger partial charge on any atom is -0.423 e. The largest absolute Gasteiger partial charge is 0.423 e. The number of aryl methyl sites for hydroxylation is 1. The van der Waals surface area contributed by atoms with E-state index < -0.39 is 5.97 Å². The fourth-order valence-electron chi connectivity index (χ4n) is 1.79. The molecular weight excluding hydrogens is 228 g/mol. The van der Waals surface area contributed by atoms with Crippen LogP contribution in [-0.2, 0) is 4.79 Å². The van der Waals surface area contributed by atoms with E-state index in [1.807, 2.05) is 30.3 Å². The van der Waals surface area contributed by atoms with Crippen molar-refractivity contribution in [1.29, 1.82) is 5.26 Å². The summed E-state index contributed by atoms with van der Waals surface area (Å²) in [5.74, 6) is -0.142. The van der Waals surface area contributed by atoms with Gasteiger partial charge in [0.05, 0.1) is 5.69 Å². The Morgan fingerprint density at radius 3 is 2.56 bits per heavy atom. The minimum atomic E-state index is -0.442. The zero-order valence-corrected chi connectivity index (χ0v) is 10.2. The Morgan fingerprint density at radius 2 is 2.00 bits per heavy atom. The third kappa shape index (κ3) is 2.11. The van der Waals surface area contributed by atoms with Gasteiger partial charge in [0.15, 0.2) is 5.75 Å². The average Bonchev–Trinajstić information content (AvgIpc) is 2.66. The second-order valence-electron chi connectivity index (χ2n) is 3.90. The van der Waals surface area contributed by atoms with Gasteiger partial charge in [0.1, 0.15) is 11.6 Å². The zero-order valence-electron chi connectivity index (χ0n) is 10.2. The first kappa shape index (κ1) is 11.9. The summed E-state index contributed by atoms with van der Waals surface area (Å²) < 4.78 is 5.15. The van der Waals surface area contributed by atoms with Crippen molar-refractivity contribution in [3.05, 3.63) is 41.6 Å². The number of nitrogens with one attached hydrogen (secondary N) is 1. The molecule has 0 aliphatic rings. The molecule has 1 aromatic carbocycles. The number of hydrogen-bond donors (Lipinski definition) is 1. The summed E-state index contributed by atoms with van der Waals surface area (Å²) in [6.45, 7) is 3.09. The molecule has 4 heteroatoms. The highest BCUT2D eigenvalue weighted by Gasteiger charge is 2.19. The topological polar surface area (TPSA) is 65.9 Å². The first-order valence-electron chi connectivity index (χ1n) is 5.50. The lowest BCUT2D eigenvalue weighted by molar-refractivity contribution is -0.131. The number of aromatic amines is 1. The smallest absolute Gasteiger partial charge is 0.308 e. The predicted molar refractivity (Wildman–Crippen MR) is 67.0 cm³/mol. The van der Waals surface area contributed by atoms with Gasteiger partial charge in [0.25, 0.3) is 0 Å². The second kappa shape index (κ2) is 4.76. The highest BCUT2D eigenvalue weighted by Crippen LogP contribution is 2.34. The van der Waals surface area contributed by atoms with E-state index in [0.29, 0.717) is 22.7 Å². The molecule has 0 amide bonds. The normalized spacial score (nSPS) is 9.83. The van der Waals surface area contributed by atoms with E-state index in [-0.39, 0.29) is 0 Å². The lowest BCUT2D eigenvalue weighted by atomic mass is 10.1. The Bertz CT molecular complexity index is 621. The first-order valence-corrected chi connectivity index (χ1v) is 5.50. The van der Waals surface area contributed by atoms with E-state index in [9.17, 15) is 4.79 Å². The lowest BCUT2D eigenvalue weighted by Gasteiger charge is -2.04. The van der Waals surface area contributed by atoms with Crippen molar-refractivity contribution in [2.45, 2.75) is 13.8 Å². The molecule has 0 aliphatic carbocycles. The third-order valence-electron chi connectivity index (χ3n) is 2.56. The van der Waals surface area contributed by atoms with Crippen LogP contribution in [0.4, 0.5) is 0 Å². The summed E-state index contributed by atoms with van der Waals surface area (Å²) in [6, 6.07) is 11.5. The van der Waals surface area contributed by atoms with Crippen molar-refractivity contribution in [3.63, 3.8) is 0 Å². The molecule has 0 bridgehead atoms. The molecule has 1 aromatic heterocycles. The van der Waals surface area contributed by atoms with Crippen molar-refractivity contribution >= 4 is 5.97 Å². The van der Waals surface area contributed by atoms with Crippen molar-refractivity contribution in [1.82, 2.24) is 4.98 Å². The number of H-pyrrole nitrogens is 1. The number of aromatic nitrogens is 1. The summed E-state index contributed by atoms with van der Waals surface area (Å²) in [4.78, 5) is 14.2. The van der Waals surface area contributed by atoms with Crippen molar-refractivity contribution in [2.24, 2.45) is 0 Å². The van der Waals surface area contributed by atoms with Crippen LogP contribution in [0.1, 0.15) is 18.2 Å². The molecule has 0 radical (unpaired) electrons. The number of benzene rings is 1. The molecule has 1 N–H and O–H groups in total. The summed E-state index contributed by atoms with van der Waals surface area (Å²) >= 11 is 0. The molecule has 2 rings (SSSR count). The maximum Gasteiger partial charge on any atom is 0.308 e. The van der Waals surface area contributed by atoms with Gasteiger partial charge in [-0.15, -0.1) is 0 Å². The average molecular weight is 240 g/mol. The monoisotopic (exact) mass is 240 g/mol. The second-order valence-corrected chi connectivity index (χ2v) is 3.90. The molecule has 0 saturated carbocycles. The highest BCUT2D eigenvalue weighted by molar-refractivity contribution is 5.78. The number of nitriles is 1. The number of rotatable bonds is 2. The summed E-state index contributed by atoms with van der Waals surface area (Å²) in [6.07, 6.45) is 0. The van der Waals surface area contributed by atoms with Crippen LogP contribution >= 0.6 is 0 Å². The van der Waals surface area contributed by atoms with Gasteiger partial charge in [0, 0.05) is 18.2 Å². The van der Waals surface area contributed by atoms with Gasteiger partial charge in [0.2, 0.25) is 0 Å². The molecule has 0 fully saturated rings. The van der Waals surface area contributed by atoms with E-state index in [0.717, 1.165) is 5.56 Å². The lowest BCUT2D eigenvalue weighted by Crippen LogP contribution is -2.02. The number of hydrogen-bond acceptors (Lipinski definition) is 3. The molecule has 0 aliphatic heterocycles. The first-order chi connectivity index (χ1) is 8.63. The minimum absolute atomic E-state index is 0.300. The quantitative estimate of drug-likeness (QED) is 0.821. The fourth-order valence-corrected chi connectivity index (χ4v) is 1.79. The van der Waals surface area contributed by atoms with E-state index >= 15 is 0 Å². The number of carbonyl (C=O) groups excluding carboxylic acids is 1. The summed E-state index contributed by atoms with van der Waals surface area (Å²) in [7, 11) is 0. The van der Waals surface area contributed by atoms with Crippen LogP contribution < -0.4 is 4.74 Å². The molecule has 0 unspecified atom stereocenters. The Morgan fingerprint density at radius 1 is 1.33 bits per heavy atom. The summed E-state index contributed by atoms with van der Waals surface area (Å²) in [5, 5.41) is 9.11. The highest BCUT2D eigenvalue weighted by atomic mass is 16.5. The molecule has 18 heavy (non-hydrogen) atoms. The maximum atomic E-state index is 11.1. The number of ether oxygens (including phenoxy) is 1. The Hall–Kier alpha value is -2.54. The molecule has 0 atom stereocenters. The van der Waals surface area contributed by atoms with Crippen LogP contribution in [0.3, 0.4) is 0 Å².